The molecule has 0 aliphatic carbocycles. The van der Waals surface area contributed by atoms with Gasteiger partial charge in [-0.1, -0.05) is 0 Å². The van der Waals surface area contributed by atoms with Gasteiger partial charge >= 0.3 is 0 Å². The molecule has 66 valence electrons. The van der Waals surface area contributed by atoms with Crippen molar-refractivity contribution in [3.63, 3.8) is 0 Å². The Labute approximate surface area is 73.2 Å². The molecule has 0 atom stereocenters. The summed E-state index contributed by atoms with van der Waals surface area (Å²) < 4.78 is 25.5. The maximum atomic E-state index is 12.9. The van der Waals surface area contributed by atoms with E-state index in [0.717, 1.165) is 6.20 Å². The van der Waals surface area contributed by atoms with Gasteiger partial charge in [-0.15, -0.1) is 0 Å². The maximum absolute atomic E-state index is 12.9. The molecule has 0 fully saturated rings. The Morgan fingerprint density at radius 1 is 1.08 bits per heavy atom. The standard InChI is InChI=1S/C9H6F2N2/c10-7-3-1-6(2-4-7)9-8(11)5-12-13-9/h1-5H,(H,12,13). The summed E-state index contributed by atoms with van der Waals surface area (Å²) in [6, 6.07) is 5.53. The smallest absolute Gasteiger partial charge is 0.168 e. The molecule has 1 aromatic heterocycles. The van der Waals surface area contributed by atoms with Crippen molar-refractivity contribution in [2.45, 2.75) is 0 Å². The van der Waals surface area contributed by atoms with Gasteiger partial charge in [-0.3, -0.25) is 5.10 Å². The topological polar surface area (TPSA) is 28.7 Å². The fourth-order valence-corrected chi connectivity index (χ4v) is 1.09. The SMILES string of the molecule is Fc1ccc(-c2[nH]ncc2F)cc1. The fourth-order valence-electron chi connectivity index (χ4n) is 1.09. The third kappa shape index (κ3) is 1.42. The van der Waals surface area contributed by atoms with E-state index in [0.29, 0.717) is 5.56 Å². The Morgan fingerprint density at radius 2 is 1.77 bits per heavy atom. The Morgan fingerprint density at radius 3 is 2.31 bits per heavy atom. The van der Waals surface area contributed by atoms with Crippen molar-refractivity contribution in [3.05, 3.63) is 42.1 Å². The lowest BCUT2D eigenvalue weighted by molar-refractivity contribution is 0.626. The molecule has 0 aliphatic heterocycles. The second-order valence-electron chi connectivity index (χ2n) is 2.60. The Kier molecular flexibility index (Phi) is 1.81. The molecule has 0 saturated heterocycles. The number of halogens is 2. The minimum atomic E-state index is -0.438. The molecular weight excluding hydrogens is 174 g/mol. The van der Waals surface area contributed by atoms with Gasteiger partial charge in [0.05, 0.1) is 6.20 Å². The highest BCUT2D eigenvalue weighted by Crippen LogP contribution is 2.19. The molecule has 13 heavy (non-hydrogen) atoms. The third-order valence-electron chi connectivity index (χ3n) is 1.73. The summed E-state index contributed by atoms with van der Waals surface area (Å²) in [6.45, 7) is 0. The summed E-state index contributed by atoms with van der Waals surface area (Å²) >= 11 is 0. The Hall–Kier alpha value is -1.71. The molecule has 0 aliphatic rings. The molecule has 2 nitrogen and oxygen atoms in total. The van der Waals surface area contributed by atoms with Crippen molar-refractivity contribution >= 4 is 0 Å². The Balaban J connectivity index is 2.47. The molecular formula is C9H6F2N2. The van der Waals surface area contributed by atoms with E-state index in [1.165, 1.54) is 24.3 Å². The normalized spacial score (nSPS) is 10.3. The first-order chi connectivity index (χ1) is 6.27. The highest BCUT2D eigenvalue weighted by Gasteiger charge is 2.05. The molecule has 0 radical (unpaired) electrons. The lowest BCUT2D eigenvalue weighted by atomic mass is 10.1. The van der Waals surface area contributed by atoms with Crippen LogP contribution in [0.2, 0.25) is 0 Å². The number of H-pyrrole nitrogens is 1. The number of hydrogen-bond acceptors (Lipinski definition) is 1. The number of aromatic nitrogens is 2. The van der Waals surface area contributed by atoms with Gasteiger partial charge in [-0.2, -0.15) is 5.10 Å². The van der Waals surface area contributed by atoms with Crippen LogP contribution in [0.4, 0.5) is 8.78 Å². The molecule has 1 heterocycles. The molecule has 0 unspecified atom stereocenters. The lowest BCUT2D eigenvalue weighted by Gasteiger charge is -1.96. The quantitative estimate of drug-likeness (QED) is 0.716. The molecule has 1 aromatic carbocycles. The predicted molar refractivity (Wildman–Crippen MR) is 43.9 cm³/mol. The van der Waals surface area contributed by atoms with E-state index < -0.39 is 5.82 Å². The minimum absolute atomic E-state index is 0.278. The molecule has 2 rings (SSSR count). The first-order valence-electron chi connectivity index (χ1n) is 3.72. The number of nitrogens with zero attached hydrogens (tertiary/aromatic N) is 1. The van der Waals surface area contributed by atoms with Crippen molar-refractivity contribution < 1.29 is 8.78 Å². The van der Waals surface area contributed by atoms with Crippen molar-refractivity contribution in [2.24, 2.45) is 0 Å². The predicted octanol–water partition coefficient (Wildman–Crippen LogP) is 2.35. The van der Waals surface area contributed by atoms with Crippen LogP contribution in [-0.2, 0) is 0 Å². The summed E-state index contributed by atoms with van der Waals surface area (Å²) in [7, 11) is 0. The van der Waals surface area contributed by atoms with E-state index in [1.807, 2.05) is 0 Å². The van der Waals surface area contributed by atoms with Crippen LogP contribution in [0.25, 0.3) is 11.3 Å². The summed E-state index contributed by atoms with van der Waals surface area (Å²) in [5.41, 5.74) is 0.858. The average Bonchev–Trinajstić information content (AvgIpc) is 2.53. The summed E-state index contributed by atoms with van der Waals surface area (Å²) in [5, 5.41) is 6.02. The first kappa shape index (κ1) is 7.91. The molecule has 0 saturated carbocycles. The number of rotatable bonds is 1. The number of nitrogens with one attached hydrogen (secondary N) is 1. The average molecular weight is 180 g/mol. The molecule has 0 bridgehead atoms. The second-order valence-corrected chi connectivity index (χ2v) is 2.60. The molecule has 0 amide bonds. The molecule has 1 N–H and O–H groups in total. The number of benzene rings is 1. The van der Waals surface area contributed by atoms with Gasteiger partial charge in [0.2, 0.25) is 0 Å². The number of aromatic amines is 1. The molecule has 2 aromatic rings. The van der Waals surface area contributed by atoms with E-state index in [4.69, 9.17) is 0 Å². The second kappa shape index (κ2) is 2.97. The van der Waals surface area contributed by atoms with E-state index >= 15 is 0 Å². The van der Waals surface area contributed by atoms with Crippen LogP contribution in [0.5, 0.6) is 0 Å². The van der Waals surface area contributed by atoms with Gasteiger partial charge in [-0.25, -0.2) is 8.78 Å². The monoisotopic (exact) mass is 180 g/mol. The summed E-state index contributed by atoms with van der Waals surface area (Å²) in [6.07, 6.45) is 1.08. The van der Waals surface area contributed by atoms with E-state index in [-0.39, 0.29) is 11.5 Å². The zero-order chi connectivity index (χ0) is 9.26. The maximum Gasteiger partial charge on any atom is 0.168 e. The van der Waals surface area contributed by atoms with Crippen molar-refractivity contribution in [3.8, 4) is 11.3 Å². The van der Waals surface area contributed by atoms with Crippen LogP contribution in [0.15, 0.2) is 30.5 Å². The van der Waals surface area contributed by atoms with Crippen molar-refractivity contribution in [1.82, 2.24) is 10.2 Å². The first-order valence-corrected chi connectivity index (χ1v) is 3.72. The largest absolute Gasteiger partial charge is 0.275 e. The van der Waals surface area contributed by atoms with Crippen LogP contribution < -0.4 is 0 Å². The Bertz CT molecular complexity index is 406. The van der Waals surface area contributed by atoms with Crippen LogP contribution >= 0.6 is 0 Å². The van der Waals surface area contributed by atoms with Crippen molar-refractivity contribution in [1.29, 1.82) is 0 Å². The zero-order valence-electron chi connectivity index (χ0n) is 6.59. The van der Waals surface area contributed by atoms with Gasteiger partial charge in [0.25, 0.3) is 0 Å². The summed E-state index contributed by atoms with van der Waals surface area (Å²) in [4.78, 5) is 0. The highest BCUT2D eigenvalue weighted by molar-refractivity contribution is 5.58. The van der Waals surface area contributed by atoms with Crippen molar-refractivity contribution in [2.75, 3.05) is 0 Å². The third-order valence-corrected chi connectivity index (χ3v) is 1.73. The van der Waals surface area contributed by atoms with Gasteiger partial charge < -0.3 is 0 Å². The van der Waals surface area contributed by atoms with E-state index in [2.05, 4.69) is 10.2 Å². The lowest BCUT2D eigenvalue weighted by Crippen LogP contribution is -1.81. The van der Waals surface area contributed by atoms with Gasteiger partial charge in [0.15, 0.2) is 5.82 Å². The van der Waals surface area contributed by atoms with E-state index in [1.54, 1.807) is 0 Å². The van der Waals surface area contributed by atoms with Crippen LogP contribution in [0, 0.1) is 11.6 Å². The van der Waals surface area contributed by atoms with Crippen LogP contribution in [0.3, 0.4) is 0 Å². The van der Waals surface area contributed by atoms with Gasteiger partial charge in [0.1, 0.15) is 11.5 Å². The van der Waals surface area contributed by atoms with Crippen LogP contribution in [-0.4, -0.2) is 10.2 Å². The van der Waals surface area contributed by atoms with Gasteiger partial charge in [-0.05, 0) is 24.3 Å². The fraction of sp³-hybridized carbons (Fsp3) is 0. The highest BCUT2D eigenvalue weighted by atomic mass is 19.1. The number of hydrogen-bond donors (Lipinski definition) is 1. The minimum Gasteiger partial charge on any atom is -0.275 e. The summed E-state index contributed by atoms with van der Waals surface area (Å²) in [5.74, 6) is -0.782. The van der Waals surface area contributed by atoms with Crippen LogP contribution in [0.1, 0.15) is 0 Å². The van der Waals surface area contributed by atoms with E-state index in [9.17, 15) is 8.78 Å². The van der Waals surface area contributed by atoms with Gasteiger partial charge in [0, 0.05) is 5.56 Å². The molecule has 4 heteroatoms. The zero-order valence-corrected chi connectivity index (χ0v) is 6.59. The molecule has 0 spiro atoms.